The third-order valence-electron chi connectivity index (χ3n) is 4.93. The van der Waals surface area contributed by atoms with Crippen LogP contribution in [0.15, 0.2) is 34.9 Å². The van der Waals surface area contributed by atoms with Crippen LogP contribution in [-0.2, 0) is 0 Å². The van der Waals surface area contributed by atoms with Crippen LogP contribution in [0.4, 0.5) is 23.1 Å². The van der Waals surface area contributed by atoms with Gasteiger partial charge in [0.1, 0.15) is 17.1 Å². The van der Waals surface area contributed by atoms with Crippen LogP contribution >= 0.6 is 0 Å². The fourth-order valence-electron chi connectivity index (χ4n) is 3.48. The quantitative estimate of drug-likeness (QED) is 0.678. The molecule has 0 aliphatic carbocycles. The van der Waals surface area contributed by atoms with E-state index in [-0.39, 0.29) is 5.91 Å². The Hall–Kier alpha value is -3.42. The summed E-state index contributed by atoms with van der Waals surface area (Å²) in [6.07, 6.45) is 2.40. The molecular formula is C21H24N6O2. The van der Waals surface area contributed by atoms with E-state index in [4.69, 9.17) is 4.52 Å². The lowest BCUT2D eigenvalue weighted by Gasteiger charge is -2.17. The van der Waals surface area contributed by atoms with Crippen LogP contribution in [0, 0.1) is 20.8 Å². The summed E-state index contributed by atoms with van der Waals surface area (Å²) in [5.41, 5.74) is 3.49. The van der Waals surface area contributed by atoms with E-state index in [1.165, 1.54) is 12.8 Å². The Morgan fingerprint density at radius 1 is 1.03 bits per heavy atom. The van der Waals surface area contributed by atoms with Gasteiger partial charge in [0.2, 0.25) is 5.95 Å². The molecule has 8 heteroatoms. The van der Waals surface area contributed by atoms with E-state index >= 15 is 0 Å². The van der Waals surface area contributed by atoms with E-state index in [0.29, 0.717) is 28.7 Å². The van der Waals surface area contributed by atoms with Crippen molar-refractivity contribution in [2.24, 2.45) is 0 Å². The van der Waals surface area contributed by atoms with Gasteiger partial charge in [-0.3, -0.25) is 4.79 Å². The number of nitrogens with zero attached hydrogens (tertiary/aromatic N) is 4. The maximum atomic E-state index is 12.4. The van der Waals surface area contributed by atoms with E-state index in [2.05, 4.69) is 30.7 Å². The zero-order valence-electron chi connectivity index (χ0n) is 16.8. The first-order valence-corrected chi connectivity index (χ1v) is 9.71. The molecule has 1 aliphatic heterocycles. The molecular weight excluding hydrogens is 368 g/mol. The van der Waals surface area contributed by atoms with Crippen molar-refractivity contribution in [2.75, 3.05) is 28.6 Å². The number of hydrogen-bond donors (Lipinski definition) is 2. The van der Waals surface area contributed by atoms with E-state index in [1.54, 1.807) is 13.8 Å². The topological polar surface area (TPSA) is 96.2 Å². The molecule has 0 atom stereocenters. The minimum absolute atomic E-state index is 0.237. The van der Waals surface area contributed by atoms with Crippen molar-refractivity contribution in [3.8, 4) is 0 Å². The highest BCUT2D eigenvalue weighted by Crippen LogP contribution is 2.23. The number of carbonyl (C=O) groups excluding carboxylic acids is 1. The van der Waals surface area contributed by atoms with Gasteiger partial charge in [0.15, 0.2) is 0 Å². The maximum absolute atomic E-state index is 12.4. The molecule has 1 fully saturated rings. The third-order valence-corrected chi connectivity index (χ3v) is 4.93. The molecule has 1 aromatic carbocycles. The van der Waals surface area contributed by atoms with Crippen LogP contribution in [0.2, 0.25) is 0 Å². The Kier molecular flexibility index (Phi) is 5.16. The van der Waals surface area contributed by atoms with Gasteiger partial charge >= 0.3 is 0 Å². The van der Waals surface area contributed by atoms with Crippen LogP contribution in [-0.4, -0.2) is 34.1 Å². The number of hydrogen-bond acceptors (Lipinski definition) is 7. The van der Waals surface area contributed by atoms with E-state index in [9.17, 15) is 4.79 Å². The predicted molar refractivity (Wildman–Crippen MR) is 112 cm³/mol. The average Bonchev–Trinajstić information content (AvgIpc) is 3.33. The molecule has 0 spiro atoms. The van der Waals surface area contributed by atoms with Gasteiger partial charge < -0.3 is 20.1 Å². The Morgan fingerprint density at radius 2 is 1.72 bits per heavy atom. The number of carbonyl (C=O) groups is 1. The second-order valence-electron chi connectivity index (χ2n) is 7.24. The monoisotopic (exact) mass is 392 g/mol. The lowest BCUT2D eigenvalue weighted by atomic mass is 10.2. The first kappa shape index (κ1) is 18.9. The van der Waals surface area contributed by atoms with E-state index in [1.807, 2.05) is 37.3 Å². The maximum Gasteiger partial charge on any atom is 0.261 e. The summed E-state index contributed by atoms with van der Waals surface area (Å²) in [5, 5.41) is 9.94. The number of aromatic nitrogens is 3. The molecule has 3 aromatic rings. The van der Waals surface area contributed by atoms with Crippen molar-refractivity contribution in [3.05, 3.63) is 53.0 Å². The molecule has 3 heterocycles. The predicted octanol–water partition coefficient (Wildman–Crippen LogP) is 3.99. The van der Waals surface area contributed by atoms with Crippen LogP contribution in [0.25, 0.3) is 0 Å². The van der Waals surface area contributed by atoms with Crippen molar-refractivity contribution in [2.45, 2.75) is 33.6 Å². The van der Waals surface area contributed by atoms with Gasteiger partial charge in [0.25, 0.3) is 5.91 Å². The van der Waals surface area contributed by atoms with Gasteiger partial charge in [0, 0.05) is 36.2 Å². The van der Waals surface area contributed by atoms with Gasteiger partial charge in [-0.05, 0) is 57.9 Å². The zero-order chi connectivity index (χ0) is 20.4. The number of aryl methyl sites for hydroxylation is 3. The molecule has 150 valence electrons. The van der Waals surface area contributed by atoms with Gasteiger partial charge in [-0.1, -0.05) is 5.16 Å². The van der Waals surface area contributed by atoms with E-state index in [0.717, 1.165) is 30.3 Å². The normalized spacial score (nSPS) is 13.6. The summed E-state index contributed by atoms with van der Waals surface area (Å²) < 4.78 is 5.06. The number of anilines is 4. The number of rotatable bonds is 5. The molecule has 1 saturated heterocycles. The summed E-state index contributed by atoms with van der Waals surface area (Å²) in [6, 6.07) is 9.43. The SMILES string of the molecule is Cc1cc(N2CCCC2)nc(Nc2ccc(NC(=O)c3c(C)noc3C)cc2)n1. The van der Waals surface area contributed by atoms with Crippen LogP contribution < -0.4 is 15.5 Å². The van der Waals surface area contributed by atoms with Crippen molar-refractivity contribution in [1.29, 1.82) is 0 Å². The second kappa shape index (κ2) is 7.90. The zero-order valence-corrected chi connectivity index (χ0v) is 16.8. The second-order valence-corrected chi connectivity index (χ2v) is 7.24. The lowest BCUT2D eigenvalue weighted by Crippen LogP contribution is -2.19. The number of nitrogens with one attached hydrogen (secondary N) is 2. The molecule has 0 unspecified atom stereocenters. The fraction of sp³-hybridized carbons (Fsp3) is 0.333. The van der Waals surface area contributed by atoms with Gasteiger partial charge in [-0.2, -0.15) is 4.98 Å². The molecule has 0 bridgehead atoms. The molecule has 1 amide bonds. The first-order valence-electron chi connectivity index (χ1n) is 9.71. The standard InChI is InChI=1S/C21H24N6O2/c1-13-12-18(27-10-4-5-11-27)25-21(22-13)24-17-8-6-16(7-9-17)23-20(28)19-14(2)26-29-15(19)3/h6-9,12H,4-5,10-11H2,1-3H3,(H,23,28)(H,22,24,25). The smallest absolute Gasteiger partial charge is 0.261 e. The molecule has 4 rings (SSSR count). The van der Waals surface area contributed by atoms with Crippen molar-refractivity contribution < 1.29 is 9.32 Å². The Balaban J connectivity index is 1.45. The number of amides is 1. The highest BCUT2D eigenvalue weighted by atomic mass is 16.5. The summed E-state index contributed by atoms with van der Waals surface area (Å²) in [6.45, 7) is 7.52. The Bertz CT molecular complexity index is 1000. The summed E-state index contributed by atoms with van der Waals surface area (Å²) in [5.74, 6) is 1.79. The third kappa shape index (κ3) is 4.21. The highest BCUT2D eigenvalue weighted by Gasteiger charge is 2.18. The molecule has 2 aromatic heterocycles. The lowest BCUT2D eigenvalue weighted by molar-refractivity contribution is 0.102. The minimum atomic E-state index is -0.237. The molecule has 0 saturated carbocycles. The van der Waals surface area contributed by atoms with Gasteiger partial charge in [-0.25, -0.2) is 4.98 Å². The van der Waals surface area contributed by atoms with Crippen molar-refractivity contribution >= 4 is 29.0 Å². The Labute approximate surface area is 169 Å². The van der Waals surface area contributed by atoms with E-state index < -0.39 is 0 Å². The van der Waals surface area contributed by atoms with Crippen LogP contribution in [0.1, 0.15) is 40.3 Å². The Morgan fingerprint density at radius 3 is 2.38 bits per heavy atom. The van der Waals surface area contributed by atoms with Gasteiger partial charge in [0.05, 0.1) is 5.69 Å². The average molecular weight is 392 g/mol. The minimum Gasteiger partial charge on any atom is -0.361 e. The van der Waals surface area contributed by atoms with Crippen molar-refractivity contribution in [1.82, 2.24) is 15.1 Å². The summed E-state index contributed by atoms with van der Waals surface area (Å²) in [7, 11) is 0. The number of benzene rings is 1. The summed E-state index contributed by atoms with van der Waals surface area (Å²) >= 11 is 0. The largest absolute Gasteiger partial charge is 0.361 e. The molecule has 8 nitrogen and oxygen atoms in total. The molecule has 2 N–H and O–H groups in total. The summed E-state index contributed by atoms with van der Waals surface area (Å²) in [4.78, 5) is 23.9. The van der Waals surface area contributed by atoms with Crippen LogP contribution in [0.5, 0.6) is 0 Å². The molecule has 29 heavy (non-hydrogen) atoms. The van der Waals surface area contributed by atoms with Crippen molar-refractivity contribution in [3.63, 3.8) is 0 Å². The molecule has 0 radical (unpaired) electrons. The molecule has 1 aliphatic rings. The fourth-order valence-corrected chi connectivity index (χ4v) is 3.48. The first-order chi connectivity index (χ1) is 14.0. The highest BCUT2D eigenvalue weighted by molar-refractivity contribution is 6.05. The van der Waals surface area contributed by atoms with Crippen LogP contribution in [0.3, 0.4) is 0 Å². The van der Waals surface area contributed by atoms with Gasteiger partial charge in [-0.15, -0.1) is 0 Å².